The number of anilines is 3. The molecule has 0 radical (unpaired) electrons. The van der Waals surface area contributed by atoms with E-state index in [2.05, 4.69) is 27.4 Å². The van der Waals surface area contributed by atoms with E-state index < -0.39 is 0 Å². The number of nitrogens with one attached hydrogen (secondary N) is 1. The van der Waals surface area contributed by atoms with E-state index in [1.165, 1.54) is 0 Å². The summed E-state index contributed by atoms with van der Waals surface area (Å²) in [6.45, 7) is 3.47. The monoisotopic (exact) mass is 335 g/mol. The largest absolute Gasteiger partial charge is 0.497 e. The Morgan fingerprint density at radius 2 is 1.80 bits per heavy atom. The normalized spacial score (nSPS) is 10.3. The van der Waals surface area contributed by atoms with Crippen molar-refractivity contribution in [3.05, 3.63) is 66.4 Å². The molecule has 3 aromatic rings. The van der Waals surface area contributed by atoms with Gasteiger partial charge in [0.1, 0.15) is 5.75 Å². The summed E-state index contributed by atoms with van der Waals surface area (Å²) in [7, 11) is 1.66. The van der Waals surface area contributed by atoms with Crippen molar-refractivity contribution in [2.75, 3.05) is 23.9 Å². The van der Waals surface area contributed by atoms with Crippen LogP contribution in [-0.2, 0) is 6.54 Å². The molecule has 0 fully saturated rings. The van der Waals surface area contributed by atoms with Crippen LogP contribution < -0.4 is 15.0 Å². The van der Waals surface area contributed by atoms with Crippen molar-refractivity contribution >= 4 is 17.5 Å². The molecule has 3 rings (SSSR count). The second kappa shape index (κ2) is 8.10. The van der Waals surface area contributed by atoms with Crippen molar-refractivity contribution in [1.29, 1.82) is 0 Å². The molecule has 0 aliphatic rings. The van der Waals surface area contributed by atoms with E-state index in [4.69, 9.17) is 4.74 Å². The molecule has 0 bridgehead atoms. The van der Waals surface area contributed by atoms with Crippen molar-refractivity contribution in [2.45, 2.75) is 13.5 Å². The van der Waals surface area contributed by atoms with Crippen molar-refractivity contribution in [3.8, 4) is 5.75 Å². The topological polar surface area (TPSA) is 63.2 Å². The van der Waals surface area contributed by atoms with Crippen LogP contribution in [0.5, 0.6) is 5.75 Å². The molecule has 6 nitrogen and oxygen atoms in total. The Kier molecular flexibility index (Phi) is 5.41. The zero-order valence-corrected chi connectivity index (χ0v) is 14.4. The van der Waals surface area contributed by atoms with Crippen LogP contribution >= 0.6 is 0 Å². The van der Waals surface area contributed by atoms with Gasteiger partial charge >= 0.3 is 0 Å². The molecule has 128 valence electrons. The molecule has 2 aromatic carbocycles. The Balaban J connectivity index is 1.72. The number of methoxy groups -OCH3 is 1. The first kappa shape index (κ1) is 16.7. The Hall–Kier alpha value is -3.15. The molecule has 25 heavy (non-hydrogen) atoms. The molecule has 0 saturated carbocycles. The molecule has 1 aromatic heterocycles. The van der Waals surface area contributed by atoms with Crippen LogP contribution in [0.25, 0.3) is 0 Å². The molecule has 6 heteroatoms. The number of benzene rings is 2. The lowest BCUT2D eigenvalue weighted by molar-refractivity contribution is 0.414. The average molecular weight is 335 g/mol. The zero-order chi connectivity index (χ0) is 17.5. The summed E-state index contributed by atoms with van der Waals surface area (Å²) in [6.07, 6.45) is 1.63. The highest BCUT2D eigenvalue weighted by atomic mass is 16.5. The van der Waals surface area contributed by atoms with Gasteiger partial charge in [0.2, 0.25) is 0 Å². The van der Waals surface area contributed by atoms with Gasteiger partial charge in [-0.15, -0.1) is 5.10 Å². The smallest absolute Gasteiger partial charge is 0.251 e. The van der Waals surface area contributed by atoms with Crippen molar-refractivity contribution in [1.82, 2.24) is 15.2 Å². The number of para-hydroxylation sites is 1. The summed E-state index contributed by atoms with van der Waals surface area (Å²) in [5.41, 5.74) is 2.18. The van der Waals surface area contributed by atoms with Crippen LogP contribution in [-0.4, -0.2) is 28.8 Å². The van der Waals surface area contributed by atoms with Crippen molar-refractivity contribution in [2.24, 2.45) is 0 Å². The van der Waals surface area contributed by atoms with E-state index in [9.17, 15) is 0 Å². The summed E-state index contributed by atoms with van der Waals surface area (Å²) >= 11 is 0. The number of hydrogen-bond donors (Lipinski definition) is 1. The predicted molar refractivity (Wildman–Crippen MR) is 99.3 cm³/mol. The van der Waals surface area contributed by atoms with Gasteiger partial charge in [-0.2, -0.15) is 10.1 Å². The first-order valence-electron chi connectivity index (χ1n) is 8.19. The van der Waals surface area contributed by atoms with Crippen LogP contribution in [0.15, 0.2) is 60.8 Å². The summed E-state index contributed by atoms with van der Waals surface area (Å²) in [6, 6.07) is 18.0. The Labute approximate surface area is 147 Å². The third-order valence-corrected chi connectivity index (χ3v) is 3.81. The molecule has 1 N–H and O–H groups in total. The third kappa shape index (κ3) is 4.23. The number of nitrogens with zero attached hydrogens (tertiary/aromatic N) is 4. The van der Waals surface area contributed by atoms with E-state index in [1.54, 1.807) is 13.3 Å². The Bertz CT molecular complexity index is 792. The molecule has 0 unspecified atom stereocenters. The first-order chi connectivity index (χ1) is 12.3. The number of aromatic nitrogens is 3. The predicted octanol–water partition coefficient (Wildman–Crippen LogP) is 3.65. The lowest BCUT2D eigenvalue weighted by Crippen LogP contribution is -2.19. The molecule has 0 amide bonds. The van der Waals surface area contributed by atoms with Gasteiger partial charge in [-0.1, -0.05) is 30.3 Å². The first-order valence-corrected chi connectivity index (χ1v) is 8.19. The Morgan fingerprint density at radius 3 is 2.48 bits per heavy atom. The van der Waals surface area contributed by atoms with E-state index in [-0.39, 0.29) is 0 Å². The van der Waals surface area contributed by atoms with E-state index >= 15 is 0 Å². The molecular weight excluding hydrogens is 314 g/mol. The molecule has 0 aliphatic carbocycles. The lowest BCUT2D eigenvalue weighted by Gasteiger charge is -2.20. The van der Waals surface area contributed by atoms with Gasteiger partial charge in [0, 0.05) is 18.8 Å². The van der Waals surface area contributed by atoms with Gasteiger partial charge in [-0.3, -0.25) is 0 Å². The maximum Gasteiger partial charge on any atom is 0.251 e. The maximum absolute atomic E-state index is 5.17. The fourth-order valence-electron chi connectivity index (χ4n) is 2.48. The molecule has 0 atom stereocenters. The fourth-order valence-corrected chi connectivity index (χ4v) is 2.48. The summed E-state index contributed by atoms with van der Waals surface area (Å²) in [5, 5.41) is 11.5. The van der Waals surface area contributed by atoms with Gasteiger partial charge in [0.05, 0.1) is 13.3 Å². The zero-order valence-electron chi connectivity index (χ0n) is 14.4. The molecule has 0 spiro atoms. The van der Waals surface area contributed by atoms with Gasteiger partial charge in [-0.25, -0.2) is 0 Å². The van der Waals surface area contributed by atoms with Crippen LogP contribution in [0.3, 0.4) is 0 Å². The highest BCUT2D eigenvalue weighted by molar-refractivity contribution is 5.57. The number of rotatable bonds is 7. The quantitative estimate of drug-likeness (QED) is 0.711. The average Bonchev–Trinajstić information content (AvgIpc) is 2.68. The maximum atomic E-state index is 5.17. The molecule has 1 heterocycles. The minimum atomic E-state index is 0.577. The van der Waals surface area contributed by atoms with E-state index in [0.29, 0.717) is 18.3 Å². The van der Waals surface area contributed by atoms with Crippen molar-refractivity contribution in [3.63, 3.8) is 0 Å². The van der Waals surface area contributed by atoms with Crippen LogP contribution in [0.1, 0.15) is 12.5 Å². The van der Waals surface area contributed by atoms with E-state index in [0.717, 1.165) is 23.5 Å². The molecule has 0 aliphatic heterocycles. The second-order valence-corrected chi connectivity index (χ2v) is 5.42. The van der Waals surface area contributed by atoms with Crippen LogP contribution in [0, 0.1) is 0 Å². The van der Waals surface area contributed by atoms with Gasteiger partial charge < -0.3 is 15.0 Å². The van der Waals surface area contributed by atoms with E-state index in [1.807, 2.05) is 59.5 Å². The molecule has 0 saturated heterocycles. The third-order valence-electron chi connectivity index (χ3n) is 3.81. The highest BCUT2D eigenvalue weighted by Gasteiger charge is 2.11. The SMILES string of the molecule is CCN(c1ccccc1)c1nncc(NCc2ccc(OC)cc2)n1. The summed E-state index contributed by atoms with van der Waals surface area (Å²) in [4.78, 5) is 6.61. The molecular formula is C19H21N5O. The van der Waals surface area contributed by atoms with Crippen LogP contribution in [0.2, 0.25) is 0 Å². The van der Waals surface area contributed by atoms with Gasteiger partial charge in [-0.05, 0) is 36.8 Å². The van der Waals surface area contributed by atoms with Crippen molar-refractivity contribution < 1.29 is 4.74 Å². The number of ether oxygens (including phenoxy) is 1. The fraction of sp³-hybridized carbons (Fsp3) is 0.211. The van der Waals surface area contributed by atoms with Gasteiger partial charge in [0.15, 0.2) is 5.82 Å². The minimum Gasteiger partial charge on any atom is -0.497 e. The standard InChI is InChI=1S/C19H21N5O/c1-3-24(16-7-5-4-6-8-16)19-22-18(14-21-23-19)20-13-15-9-11-17(25-2)12-10-15/h4-12,14H,3,13H2,1-2H3,(H,20,22,23). The highest BCUT2D eigenvalue weighted by Crippen LogP contribution is 2.21. The second-order valence-electron chi connectivity index (χ2n) is 5.42. The lowest BCUT2D eigenvalue weighted by atomic mass is 10.2. The Morgan fingerprint density at radius 1 is 1.04 bits per heavy atom. The summed E-state index contributed by atoms with van der Waals surface area (Å²) in [5.74, 6) is 2.11. The number of hydrogen-bond acceptors (Lipinski definition) is 6. The van der Waals surface area contributed by atoms with Crippen LogP contribution in [0.4, 0.5) is 17.5 Å². The summed E-state index contributed by atoms with van der Waals surface area (Å²) < 4.78 is 5.17. The van der Waals surface area contributed by atoms with Gasteiger partial charge in [0.25, 0.3) is 5.95 Å². The minimum absolute atomic E-state index is 0.577.